The number of aromatic nitrogens is 2. The molecule has 3 fully saturated rings. The molecule has 3 N–H and O–H groups in total. The molecule has 0 spiro atoms. The second-order valence-electron chi connectivity index (χ2n) is 8.40. The fraction of sp³-hybridized carbons (Fsp3) is 0.750. The van der Waals surface area contributed by atoms with E-state index in [-0.39, 0.29) is 29.9 Å². The summed E-state index contributed by atoms with van der Waals surface area (Å²) in [6, 6.07) is 2.60. The van der Waals surface area contributed by atoms with Crippen LogP contribution in [0.2, 0.25) is 0 Å². The van der Waals surface area contributed by atoms with Crippen molar-refractivity contribution in [1.82, 2.24) is 25.7 Å². The van der Waals surface area contributed by atoms with Crippen LogP contribution in [-0.2, 0) is 9.53 Å². The molecule has 1 saturated carbocycles. The van der Waals surface area contributed by atoms with Gasteiger partial charge in [0.25, 0.3) is 5.91 Å². The van der Waals surface area contributed by atoms with Gasteiger partial charge in [-0.3, -0.25) is 19.6 Å². The molecule has 1 aromatic heterocycles. The van der Waals surface area contributed by atoms with Crippen LogP contribution in [0.15, 0.2) is 6.07 Å². The highest BCUT2D eigenvalue weighted by molar-refractivity contribution is 5.92. The first-order valence-electron chi connectivity index (χ1n) is 10.5. The van der Waals surface area contributed by atoms with E-state index in [2.05, 4.69) is 32.8 Å². The van der Waals surface area contributed by atoms with Crippen LogP contribution in [0, 0.1) is 0 Å². The second kappa shape index (κ2) is 8.61. The van der Waals surface area contributed by atoms with E-state index in [1.165, 1.54) is 12.8 Å². The minimum Gasteiger partial charge on any atom is -0.381 e. The van der Waals surface area contributed by atoms with Crippen molar-refractivity contribution in [2.45, 2.75) is 69.0 Å². The van der Waals surface area contributed by atoms with Gasteiger partial charge in [0, 0.05) is 55.9 Å². The molecule has 28 heavy (non-hydrogen) atoms. The Labute approximate surface area is 165 Å². The van der Waals surface area contributed by atoms with Gasteiger partial charge >= 0.3 is 0 Å². The maximum absolute atomic E-state index is 12.4. The number of nitrogens with zero attached hydrogens (tertiary/aromatic N) is 2. The van der Waals surface area contributed by atoms with Crippen molar-refractivity contribution >= 4 is 11.8 Å². The molecular weight excluding hydrogens is 358 g/mol. The Morgan fingerprint density at radius 1 is 1.18 bits per heavy atom. The van der Waals surface area contributed by atoms with E-state index in [4.69, 9.17) is 4.74 Å². The van der Waals surface area contributed by atoms with Crippen LogP contribution in [0.4, 0.5) is 0 Å². The number of hydrogen-bond acceptors (Lipinski definition) is 5. The molecule has 1 aliphatic carbocycles. The number of hydrogen-bond donors (Lipinski definition) is 3. The van der Waals surface area contributed by atoms with Gasteiger partial charge in [0.2, 0.25) is 5.91 Å². The summed E-state index contributed by atoms with van der Waals surface area (Å²) in [5.74, 6) is 0.554. The van der Waals surface area contributed by atoms with Crippen molar-refractivity contribution in [3.8, 4) is 0 Å². The SMILES string of the molecule is CN1[C@@H](CC(=O)NC2CCOCC2)CC[C@H]1CNC(=O)c1cc(C2CC2)[nH]n1. The molecule has 3 aliphatic rings. The first-order valence-corrected chi connectivity index (χ1v) is 10.5. The zero-order chi connectivity index (χ0) is 19.5. The monoisotopic (exact) mass is 389 g/mol. The lowest BCUT2D eigenvalue weighted by Gasteiger charge is -2.27. The molecule has 4 rings (SSSR count). The van der Waals surface area contributed by atoms with E-state index >= 15 is 0 Å². The number of carbonyl (C=O) groups excluding carboxylic acids is 2. The van der Waals surface area contributed by atoms with E-state index in [0.29, 0.717) is 24.6 Å². The first kappa shape index (κ1) is 19.4. The van der Waals surface area contributed by atoms with Crippen molar-refractivity contribution < 1.29 is 14.3 Å². The molecule has 154 valence electrons. The van der Waals surface area contributed by atoms with Crippen LogP contribution in [0.25, 0.3) is 0 Å². The molecule has 0 bridgehead atoms. The number of H-pyrrole nitrogens is 1. The number of rotatable bonds is 7. The molecule has 2 amide bonds. The van der Waals surface area contributed by atoms with Gasteiger partial charge in [-0.15, -0.1) is 0 Å². The van der Waals surface area contributed by atoms with E-state index in [1.807, 2.05) is 6.07 Å². The van der Waals surface area contributed by atoms with E-state index < -0.39 is 0 Å². The van der Waals surface area contributed by atoms with Gasteiger partial charge in [-0.25, -0.2) is 0 Å². The zero-order valence-corrected chi connectivity index (χ0v) is 16.6. The molecule has 2 aliphatic heterocycles. The van der Waals surface area contributed by atoms with Crippen LogP contribution < -0.4 is 10.6 Å². The molecule has 0 radical (unpaired) electrons. The van der Waals surface area contributed by atoms with Gasteiger partial charge in [0.05, 0.1) is 0 Å². The third-order valence-electron chi connectivity index (χ3n) is 6.34. The summed E-state index contributed by atoms with van der Waals surface area (Å²) in [4.78, 5) is 27.0. The smallest absolute Gasteiger partial charge is 0.271 e. The number of likely N-dealkylation sites (tertiary alicyclic amines) is 1. The Morgan fingerprint density at radius 2 is 1.93 bits per heavy atom. The lowest BCUT2D eigenvalue weighted by Crippen LogP contribution is -2.44. The Morgan fingerprint density at radius 3 is 2.68 bits per heavy atom. The van der Waals surface area contributed by atoms with Gasteiger partial charge in [-0.2, -0.15) is 5.10 Å². The topological polar surface area (TPSA) is 99.4 Å². The number of amides is 2. The quantitative estimate of drug-likeness (QED) is 0.650. The lowest BCUT2D eigenvalue weighted by molar-refractivity contribution is -0.123. The maximum atomic E-state index is 12.4. The van der Waals surface area contributed by atoms with Gasteiger partial charge in [0.15, 0.2) is 0 Å². The third kappa shape index (κ3) is 4.72. The molecule has 0 unspecified atom stereocenters. The maximum Gasteiger partial charge on any atom is 0.271 e. The molecule has 2 saturated heterocycles. The van der Waals surface area contributed by atoms with Crippen molar-refractivity contribution in [2.24, 2.45) is 0 Å². The molecule has 8 nitrogen and oxygen atoms in total. The summed E-state index contributed by atoms with van der Waals surface area (Å²) in [7, 11) is 2.05. The average molecular weight is 390 g/mol. The lowest BCUT2D eigenvalue weighted by atomic mass is 10.1. The highest BCUT2D eigenvalue weighted by Gasteiger charge is 2.33. The molecule has 0 aromatic carbocycles. The normalized spacial score (nSPS) is 26.3. The van der Waals surface area contributed by atoms with Crippen molar-refractivity contribution in [1.29, 1.82) is 0 Å². The summed E-state index contributed by atoms with van der Waals surface area (Å²) in [5, 5.41) is 13.3. The number of nitrogens with one attached hydrogen (secondary N) is 3. The standard InChI is InChI=1S/C20H31N5O3/c1-25-15(10-19(26)22-14-6-8-28-9-7-14)4-5-16(25)12-21-20(27)18-11-17(23-24-18)13-2-3-13/h11,13-16H,2-10,12H2,1H3,(H,21,27)(H,22,26)(H,23,24)/t15-,16+/m1/s1. The minimum atomic E-state index is -0.128. The Hall–Kier alpha value is -1.93. The van der Waals surface area contributed by atoms with Gasteiger partial charge in [-0.1, -0.05) is 0 Å². The summed E-state index contributed by atoms with van der Waals surface area (Å²) in [5.41, 5.74) is 1.54. The Balaban J connectivity index is 1.20. The van der Waals surface area contributed by atoms with Crippen LogP contribution in [0.3, 0.4) is 0 Å². The van der Waals surface area contributed by atoms with Gasteiger partial charge in [-0.05, 0) is 51.6 Å². The predicted octanol–water partition coefficient (Wildman–Crippen LogP) is 1.17. The fourth-order valence-electron chi connectivity index (χ4n) is 4.28. The third-order valence-corrected chi connectivity index (χ3v) is 6.34. The van der Waals surface area contributed by atoms with Crippen LogP contribution in [0.1, 0.15) is 67.0 Å². The fourth-order valence-corrected chi connectivity index (χ4v) is 4.28. The van der Waals surface area contributed by atoms with Crippen molar-refractivity contribution in [3.05, 3.63) is 17.5 Å². The number of ether oxygens (including phenoxy) is 1. The number of aromatic amines is 1. The summed E-state index contributed by atoms with van der Waals surface area (Å²) < 4.78 is 5.34. The second-order valence-corrected chi connectivity index (χ2v) is 8.40. The highest BCUT2D eigenvalue weighted by Crippen LogP contribution is 2.39. The number of carbonyl (C=O) groups is 2. The number of likely N-dealkylation sites (N-methyl/N-ethyl adjacent to an activating group) is 1. The molecule has 8 heteroatoms. The van der Waals surface area contributed by atoms with E-state index in [0.717, 1.165) is 44.6 Å². The van der Waals surface area contributed by atoms with Crippen LogP contribution in [-0.4, -0.2) is 71.8 Å². The molecule has 2 atom stereocenters. The van der Waals surface area contributed by atoms with Crippen molar-refractivity contribution in [3.63, 3.8) is 0 Å². The predicted molar refractivity (Wildman–Crippen MR) is 104 cm³/mol. The summed E-state index contributed by atoms with van der Waals surface area (Å²) >= 11 is 0. The Kier molecular flexibility index (Phi) is 5.96. The van der Waals surface area contributed by atoms with E-state index in [9.17, 15) is 9.59 Å². The Bertz CT molecular complexity index is 696. The minimum absolute atomic E-state index is 0.123. The molecular formula is C20H31N5O3. The van der Waals surface area contributed by atoms with Crippen molar-refractivity contribution in [2.75, 3.05) is 26.8 Å². The first-order chi connectivity index (χ1) is 13.6. The zero-order valence-electron chi connectivity index (χ0n) is 16.6. The largest absolute Gasteiger partial charge is 0.381 e. The van der Waals surface area contributed by atoms with Crippen LogP contribution in [0.5, 0.6) is 0 Å². The molecule has 1 aromatic rings. The van der Waals surface area contributed by atoms with Crippen LogP contribution >= 0.6 is 0 Å². The summed E-state index contributed by atoms with van der Waals surface area (Å²) in [6.07, 6.45) is 6.64. The average Bonchev–Trinajstić information content (AvgIpc) is 3.33. The molecule has 3 heterocycles. The van der Waals surface area contributed by atoms with E-state index in [1.54, 1.807) is 0 Å². The highest BCUT2D eigenvalue weighted by atomic mass is 16.5. The van der Waals surface area contributed by atoms with Gasteiger partial charge in [0.1, 0.15) is 5.69 Å². The summed E-state index contributed by atoms with van der Waals surface area (Å²) in [6.45, 7) is 2.04. The van der Waals surface area contributed by atoms with Gasteiger partial charge < -0.3 is 15.4 Å².